The molecule has 3 N–H and O–H groups in total. The van der Waals surface area contributed by atoms with Crippen molar-refractivity contribution in [3.05, 3.63) is 42.6 Å². The van der Waals surface area contributed by atoms with Gasteiger partial charge in [0.1, 0.15) is 12.1 Å². The van der Waals surface area contributed by atoms with Gasteiger partial charge >= 0.3 is 0 Å². The molecule has 0 unspecified atom stereocenters. The molecule has 9 heteroatoms. The molecular weight excluding hydrogens is 457 g/mol. The Kier molecular flexibility index (Phi) is 9.19. The van der Waals surface area contributed by atoms with Crippen molar-refractivity contribution in [3.63, 3.8) is 0 Å². The van der Waals surface area contributed by atoms with Crippen LogP contribution in [-0.2, 0) is 11.3 Å². The minimum absolute atomic E-state index is 0. The molecule has 2 rings (SSSR count). The first kappa shape index (κ1) is 22.9. The molecular formula is C18H28IN7O. The summed E-state index contributed by atoms with van der Waals surface area (Å²) in [7, 11) is 0. The zero-order valence-electron chi connectivity index (χ0n) is 16.2. The number of hydrogen-bond donors (Lipinski definition) is 3. The molecule has 2 heterocycles. The van der Waals surface area contributed by atoms with Crippen LogP contribution in [0.5, 0.6) is 0 Å². The molecule has 0 aliphatic rings. The van der Waals surface area contributed by atoms with Crippen molar-refractivity contribution in [1.29, 1.82) is 0 Å². The number of amides is 1. The summed E-state index contributed by atoms with van der Waals surface area (Å²) in [5.41, 5.74) is 0.724. The van der Waals surface area contributed by atoms with Gasteiger partial charge in [0, 0.05) is 30.7 Å². The summed E-state index contributed by atoms with van der Waals surface area (Å²) in [6.45, 7) is 9.17. The van der Waals surface area contributed by atoms with Crippen molar-refractivity contribution in [2.45, 2.75) is 39.8 Å². The molecule has 0 aliphatic heterocycles. The predicted molar refractivity (Wildman–Crippen MR) is 117 cm³/mol. The molecule has 0 atom stereocenters. The van der Waals surface area contributed by atoms with Crippen LogP contribution in [0.2, 0.25) is 0 Å². The summed E-state index contributed by atoms with van der Waals surface area (Å²) in [4.78, 5) is 24.8. The summed E-state index contributed by atoms with van der Waals surface area (Å²) in [5.74, 6) is 1.32. The Hall–Kier alpha value is -2.17. The van der Waals surface area contributed by atoms with Gasteiger partial charge in [-0.1, -0.05) is 6.07 Å². The predicted octanol–water partition coefficient (Wildman–Crippen LogP) is 1.86. The number of carbonyl (C=O) groups excluding carboxylic acids is 1. The van der Waals surface area contributed by atoms with Gasteiger partial charge in [-0.3, -0.25) is 9.36 Å². The van der Waals surface area contributed by atoms with Gasteiger partial charge in [-0.2, -0.15) is 0 Å². The lowest BCUT2D eigenvalue weighted by atomic mass is 10.1. The third kappa shape index (κ3) is 8.37. The zero-order chi connectivity index (χ0) is 19.0. The van der Waals surface area contributed by atoms with E-state index in [0.717, 1.165) is 11.4 Å². The highest BCUT2D eigenvalue weighted by molar-refractivity contribution is 14.0. The van der Waals surface area contributed by atoms with E-state index in [1.807, 2.05) is 50.6 Å². The average molecular weight is 485 g/mol. The summed E-state index contributed by atoms with van der Waals surface area (Å²) < 4.78 is 1.84. The van der Waals surface area contributed by atoms with Crippen LogP contribution < -0.4 is 16.0 Å². The summed E-state index contributed by atoms with van der Waals surface area (Å²) >= 11 is 0. The van der Waals surface area contributed by atoms with Crippen molar-refractivity contribution in [1.82, 2.24) is 30.5 Å². The molecule has 1 amide bonds. The molecule has 27 heavy (non-hydrogen) atoms. The van der Waals surface area contributed by atoms with Gasteiger partial charge in [-0.05, 0) is 39.3 Å². The first-order valence-corrected chi connectivity index (χ1v) is 8.64. The maximum atomic E-state index is 11.9. The SMILES string of the molecule is CCNC(=NCc1ccc(-n2ccnc2)nc1)NCC(=O)NC(C)(C)C.I. The van der Waals surface area contributed by atoms with E-state index in [4.69, 9.17) is 0 Å². The minimum Gasteiger partial charge on any atom is -0.357 e. The quantitative estimate of drug-likeness (QED) is 0.330. The van der Waals surface area contributed by atoms with E-state index in [2.05, 4.69) is 30.9 Å². The highest BCUT2D eigenvalue weighted by Crippen LogP contribution is 2.06. The van der Waals surface area contributed by atoms with E-state index in [-0.39, 0.29) is 42.0 Å². The summed E-state index contributed by atoms with van der Waals surface area (Å²) in [6.07, 6.45) is 7.05. The van der Waals surface area contributed by atoms with Crippen LogP contribution in [0.3, 0.4) is 0 Å². The van der Waals surface area contributed by atoms with Gasteiger partial charge in [0.15, 0.2) is 5.96 Å². The van der Waals surface area contributed by atoms with E-state index in [0.29, 0.717) is 19.0 Å². The van der Waals surface area contributed by atoms with Gasteiger partial charge < -0.3 is 16.0 Å². The van der Waals surface area contributed by atoms with Gasteiger partial charge in [-0.25, -0.2) is 15.0 Å². The molecule has 0 fully saturated rings. The Morgan fingerprint density at radius 1 is 1.26 bits per heavy atom. The average Bonchev–Trinajstić information content (AvgIpc) is 3.11. The molecule has 0 saturated carbocycles. The lowest BCUT2D eigenvalue weighted by Crippen LogP contribution is -2.48. The second kappa shape index (κ2) is 10.9. The van der Waals surface area contributed by atoms with Crippen LogP contribution in [0.15, 0.2) is 42.0 Å². The van der Waals surface area contributed by atoms with Gasteiger partial charge in [0.2, 0.25) is 5.91 Å². The topological polar surface area (TPSA) is 96.2 Å². The van der Waals surface area contributed by atoms with E-state index in [9.17, 15) is 4.79 Å². The smallest absolute Gasteiger partial charge is 0.239 e. The Bertz CT molecular complexity index is 721. The van der Waals surface area contributed by atoms with Gasteiger partial charge in [-0.15, -0.1) is 24.0 Å². The lowest BCUT2D eigenvalue weighted by Gasteiger charge is -2.21. The van der Waals surface area contributed by atoms with Crippen LogP contribution >= 0.6 is 24.0 Å². The number of guanidine groups is 1. The fourth-order valence-electron chi connectivity index (χ4n) is 2.20. The largest absolute Gasteiger partial charge is 0.357 e. The number of halogens is 1. The maximum Gasteiger partial charge on any atom is 0.239 e. The minimum atomic E-state index is -0.253. The fourth-order valence-corrected chi connectivity index (χ4v) is 2.20. The molecule has 0 saturated heterocycles. The molecule has 0 aliphatic carbocycles. The van der Waals surface area contributed by atoms with Crippen LogP contribution in [0, 0.1) is 0 Å². The Balaban J connectivity index is 0.00000364. The standard InChI is InChI=1S/C18H27N7O.HI/c1-5-20-17(23-12-16(26)24-18(2,3)4)22-11-14-6-7-15(21-10-14)25-9-8-19-13-25;/h6-10,13H,5,11-12H2,1-4H3,(H,24,26)(H2,20,22,23);1H. The second-order valence-corrected chi connectivity index (χ2v) is 6.84. The first-order chi connectivity index (χ1) is 12.4. The molecule has 148 valence electrons. The van der Waals surface area contributed by atoms with Crippen LogP contribution in [0.4, 0.5) is 0 Å². The number of nitrogens with one attached hydrogen (secondary N) is 3. The van der Waals surface area contributed by atoms with Gasteiger partial charge in [0.05, 0.1) is 13.1 Å². The maximum absolute atomic E-state index is 11.9. The van der Waals surface area contributed by atoms with Crippen molar-refractivity contribution in [2.75, 3.05) is 13.1 Å². The highest BCUT2D eigenvalue weighted by atomic mass is 127. The number of nitrogens with zero attached hydrogens (tertiary/aromatic N) is 4. The number of aromatic nitrogens is 3. The molecule has 0 bridgehead atoms. The summed E-state index contributed by atoms with van der Waals surface area (Å²) in [6, 6.07) is 3.89. The number of carbonyl (C=O) groups is 1. The van der Waals surface area contributed by atoms with E-state index >= 15 is 0 Å². The molecule has 0 spiro atoms. The van der Waals surface area contributed by atoms with E-state index in [1.165, 1.54) is 0 Å². The van der Waals surface area contributed by atoms with Crippen molar-refractivity contribution in [3.8, 4) is 5.82 Å². The third-order valence-electron chi connectivity index (χ3n) is 3.27. The van der Waals surface area contributed by atoms with Crippen LogP contribution in [0.1, 0.15) is 33.3 Å². The summed E-state index contributed by atoms with van der Waals surface area (Å²) in [5, 5.41) is 9.08. The van der Waals surface area contributed by atoms with Gasteiger partial charge in [0.25, 0.3) is 0 Å². The highest BCUT2D eigenvalue weighted by Gasteiger charge is 2.13. The number of imidazole rings is 1. The third-order valence-corrected chi connectivity index (χ3v) is 3.27. The first-order valence-electron chi connectivity index (χ1n) is 8.64. The van der Waals surface area contributed by atoms with Crippen LogP contribution in [-0.4, -0.2) is 45.0 Å². The Morgan fingerprint density at radius 2 is 2.04 bits per heavy atom. The monoisotopic (exact) mass is 485 g/mol. The molecule has 0 radical (unpaired) electrons. The fraction of sp³-hybridized carbons (Fsp3) is 0.444. The Morgan fingerprint density at radius 3 is 2.59 bits per heavy atom. The van der Waals surface area contributed by atoms with Crippen molar-refractivity contribution >= 4 is 35.8 Å². The molecule has 2 aromatic rings. The zero-order valence-corrected chi connectivity index (χ0v) is 18.5. The molecule has 2 aromatic heterocycles. The molecule has 0 aromatic carbocycles. The van der Waals surface area contributed by atoms with Crippen molar-refractivity contribution in [2.24, 2.45) is 4.99 Å². The Labute approximate surface area is 177 Å². The molecule has 8 nitrogen and oxygen atoms in total. The van der Waals surface area contributed by atoms with E-state index < -0.39 is 0 Å². The number of pyridine rings is 1. The second-order valence-electron chi connectivity index (χ2n) is 6.84. The van der Waals surface area contributed by atoms with Crippen molar-refractivity contribution < 1.29 is 4.79 Å². The number of hydrogen-bond acceptors (Lipinski definition) is 4. The number of aliphatic imine (C=N–C) groups is 1. The lowest BCUT2D eigenvalue weighted by molar-refractivity contribution is -0.121. The van der Waals surface area contributed by atoms with E-state index in [1.54, 1.807) is 18.7 Å². The number of rotatable bonds is 6. The normalized spacial score (nSPS) is 11.5. The van der Waals surface area contributed by atoms with Crippen LogP contribution in [0.25, 0.3) is 5.82 Å².